The van der Waals surface area contributed by atoms with Crippen LogP contribution in [0.4, 0.5) is 11.4 Å². The first-order chi connectivity index (χ1) is 9.58. The van der Waals surface area contributed by atoms with Crippen LogP contribution < -0.4 is 16.0 Å². The van der Waals surface area contributed by atoms with Crippen molar-refractivity contribution in [2.24, 2.45) is 0 Å². The van der Waals surface area contributed by atoms with Gasteiger partial charge in [0.25, 0.3) is 0 Å². The molecule has 0 bridgehead atoms. The van der Waals surface area contributed by atoms with Gasteiger partial charge in [0.1, 0.15) is 6.04 Å². The largest absolute Gasteiger partial charge is 0.396 e. The average molecular weight is 270 g/mol. The molecule has 102 valence electrons. The Hall–Kier alpha value is -2.63. The van der Waals surface area contributed by atoms with Crippen LogP contribution in [0.2, 0.25) is 0 Å². The van der Waals surface area contributed by atoms with Gasteiger partial charge < -0.3 is 10.6 Å². The van der Waals surface area contributed by atoms with Gasteiger partial charge in [-0.2, -0.15) is 0 Å². The Balaban J connectivity index is 2.11. The van der Waals surface area contributed by atoms with Gasteiger partial charge in [-0.25, -0.2) is 0 Å². The molecule has 1 aliphatic rings. The fraction of sp³-hybridized carbons (Fsp3) is 0.214. The lowest BCUT2D eigenvalue weighted by atomic mass is 10.1. The van der Waals surface area contributed by atoms with Crippen molar-refractivity contribution in [2.45, 2.75) is 13.0 Å². The maximum absolute atomic E-state index is 11.7. The number of rotatable bonds is 1. The smallest absolute Gasteiger partial charge is 0.249 e. The third-order valence-corrected chi connectivity index (χ3v) is 3.54. The Kier molecular flexibility index (Phi) is 2.78. The number of aromatic nitrogens is 1. The molecule has 2 aromatic rings. The van der Waals surface area contributed by atoms with Gasteiger partial charge in [0.05, 0.1) is 23.4 Å². The van der Waals surface area contributed by atoms with Crippen LogP contribution in [0.3, 0.4) is 0 Å². The molecule has 6 heteroatoms. The molecule has 3 N–H and O–H groups in total. The van der Waals surface area contributed by atoms with Gasteiger partial charge in [-0.15, -0.1) is 0 Å². The van der Waals surface area contributed by atoms with Gasteiger partial charge >= 0.3 is 0 Å². The summed E-state index contributed by atoms with van der Waals surface area (Å²) >= 11 is 0. The summed E-state index contributed by atoms with van der Waals surface area (Å²) in [6.45, 7) is 1.86. The molecule has 2 amide bonds. The van der Waals surface area contributed by atoms with Crippen molar-refractivity contribution in [1.29, 1.82) is 0 Å². The van der Waals surface area contributed by atoms with E-state index in [1.165, 1.54) is 0 Å². The van der Waals surface area contributed by atoms with Gasteiger partial charge in [-0.3, -0.25) is 19.9 Å². The van der Waals surface area contributed by atoms with E-state index in [-0.39, 0.29) is 18.4 Å². The Labute approximate surface area is 115 Å². The van der Waals surface area contributed by atoms with Crippen molar-refractivity contribution in [2.75, 3.05) is 17.2 Å². The normalized spacial score (nSPS) is 19.2. The molecule has 0 saturated carbocycles. The monoisotopic (exact) mass is 270 g/mol. The summed E-state index contributed by atoms with van der Waals surface area (Å²) in [7, 11) is 0. The third-order valence-electron chi connectivity index (χ3n) is 3.54. The fourth-order valence-electron chi connectivity index (χ4n) is 2.42. The zero-order valence-corrected chi connectivity index (χ0v) is 11.0. The number of anilines is 2. The van der Waals surface area contributed by atoms with Crippen LogP contribution in [0.15, 0.2) is 30.5 Å². The number of imide groups is 1. The molecule has 6 nitrogen and oxygen atoms in total. The number of carbonyl (C=O) groups is 2. The average Bonchev–Trinajstić information content (AvgIpc) is 2.44. The van der Waals surface area contributed by atoms with Crippen LogP contribution >= 0.6 is 0 Å². The van der Waals surface area contributed by atoms with Crippen molar-refractivity contribution in [3.05, 3.63) is 30.5 Å². The Bertz CT molecular complexity index is 713. The number of nitrogen functional groups attached to an aromatic ring is 1. The number of nitrogens with zero attached hydrogens (tertiary/aromatic N) is 2. The molecular weight excluding hydrogens is 256 g/mol. The summed E-state index contributed by atoms with van der Waals surface area (Å²) in [5.74, 6) is -0.634. The van der Waals surface area contributed by atoms with Gasteiger partial charge in [-0.1, -0.05) is 0 Å². The van der Waals surface area contributed by atoms with E-state index >= 15 is 0 Å². The van der Waals surface area contributed by atoms with Crippen LogP contribution in [0, 0.1) is 0 Å². The molecule has 1 aromatic carbocycles. The summed E-state index contributed by atoms with van der Waals surface area (Å²) in [6.07, 6.45) is 1.70. The van der Waals surface area contributed by atoms with E-state index in [1.807, 2.05) is 12.1 Å². The van der Waals surface area contributed by atoms with Crippen LogP contribution in [0.1, 0.15) is 6.92 Å². The molecule has 0 aliphatic carbocycles. The molecule has 1 saturated heterocycles. The lowest BCUT2D eigenvalue weighted by Gasteiger charge is -2.34. The Morgan fingerprint density at radius 1 is 1.35 bits per heavy atom. The highest BCUT2D eigenvalue weighted by atomic mass is 16.2. The molecular formula is C14H14N4O2. The van der Waals surface area contributed by atoms with Gasteiger partial charge in [-0.05, 0) is 31.2 Å². The zero-order valence-electron chi connectivity index (χ0n) is 11.0. The van der Waals surface area contributed by atoms with E-state index in [0.717, 1.165) is 10.9 Å². The molecule has 2 heterocycles. The van der Waals surface area contributed by atoms with Crippen LogP contribution in [0.5, 0.6) is 0 Å². The van der Waals surface area contributed by atoms with Crippen molar-refractivity contribution >= 4 is 34.1 Å². The number of amides is 2. The summed E-state index contributed by atoms with van der Waals surface area (Å²) in [5.41, 5.74) is 8.18. The molecule has 3 rings (SSSR count). The third kappa shape index (κ3) is 1.85. The van der Waals surface area contributed by atoms with E-state index in [2.05, 4.69) is 10.3 Å². The molecule has 0 spiro atoms. The predicted octanol–water partition coefficient (Wildman–Crippen LogP) is 0.668. The first kappa shape index (κ1) is 12.4. The Morgan fingerprint density at radius 3 is 2.95 bits per heavy atom. The SMILES string of the molecule is CC1C(=O)NC(=O)CN1c1ccc2ncccc2c1N. The van der Waals surface area contributed by atoms with E-state index in [1.54, 1.807) is 30.2 Å². The number of nitrogens with one attached hydrogen (secondary N) is 1. The predicted molar refractivity (Wildman–Crippen MR) is 76.1 cm³/mol. The first-order valence-corrected chi connectivity index (χ1v) is 6.31. The minimum Gasteiger partial charge on any atom is -0.396 e. The zero-order chi connectivity index (χ0) is 14.3. The minimum absolute atomic E-state index is 0.114. The van der Waals surface area contributed by atoms with Crippen molar-refractivity contribution in [3.63, 3.8) is 0 Å². The summed E-state index contributed by atoms with van der Waals surface area (Å²) in [6, 6.07) is 6.87. The molecule has 20 heavy (non-hydrogen) atoms. The van der Waals surface area contributed by atoms with Gasteiger partial charge in [0.15, 0.2) is 0 Å². The quantitative estimate of drug-likeness (QED) is 0.587. The van der Waals surface area contributed by atoms with Crippen molar-refractivity contribution < 1.29 is 9.59 Å². The second-order valence-electron chi connectivity index (χ2n) is 4.78. The molecule has 1 unspecified atom stereocenters. The number of pyridine rings is 1. The minimum atomic E-state index is -0.441. The molecule has 0 radical (unpaired) electrons. The van der Waals surface area contributed by atoms with Crippen LogP contribution in [-0.2, 0) is 9.59 Å². The highest BCUT2D eigenvalue weighted by molar-refractivity contribution is 6.06. The fourth-order valence-corrected chi connectivity index (χ4v) is 2.42. The first-order valence-electron chi connectivity index (χ1n) is 6.31. The molecule has 1 fully saturated rings. The van der Waals surface area contributed by atoms with E-state index < -0.39 is 6.04 Å². The highest BCUT2D eigenvalue weighted by Gasteiger charge is 2.31. The second kappa shape index (κ2) is 4.48. The van der Waals surface area contributed by atoms with Gasteiger partial charge in [0.2, 0.25) is 11.8 Å². The van der Waals surface area contributed by atoms with Gasteiger partial charge in [0, 0.05) is 11.6 Å². The number of hydrogen-bond donors (Lipinski definition) is 2. The summed E-state index contributed by atoms with van der Waals surface area (Å²) in [5, 5.41) is 3.13. The van der Waals surface area contributed by atoms with Crippen molar-refractivity contribution in [1.82, 2.24) is 10.3 Å². The molecule has 1 atom stereocenters. The summed E-state index contributed by atoms with van der Waals surface area (Å²) < 4.78 is 0. The standard InChI is InChI=1S/C14H14N4O2/c1-8-14(20)17-12(19)7-18(8)11-5-4-10-9(13(11)15)3-2-6-16-10/h2-6,8H,7,15H2,1H3,(H,17,19,20). The number of carbonyl (C=O) groups excluding carboxylic acids is 2. The topological polar surface area (TPSA) is 88.3 Å². The van der Waals surface area contributed by atoms with E-state index in [0.29, 0.717) is 11.4 Å². The second-order valence-corrected chi connectivity index (χ2v) is 4.78. The number of piperazine rings is 1. The maximum Gasteiger partial charge on any atom is 0.249 e. The number of nitrogens with two attached hydrogens (primary N) is 1. The number of fused-ring (bicyclic) bond motifs is 1. The van der Waals surface area contributed by atoms with E-state index in [4.69, 9.17) is 5.73 Å². The highest BCUT2D eigenvalue weighted by Crippen LogP contribution is 2.32. The Morgan fingerprint density at radius 2 is 2.15 bits per heavy atom. The van der Waals surface area contributed by atoms with Crippen molar-refractivity contribution in [3.8, 4) is 0 Å². The van der Waals surface area contributed by atoms with Crippen LogP contribution in [-0.4, -0.2) is 29.4 Å². The maximum atomic E-state index is 11.7. The molecule has 1 aromatic heterocycles. The number of benzene rings is 1. The van der Waals surface area contributed by atoms with E-state index in [9.17, 15) is 9.59 Å². The lowest BCUT2D eigenvalue weighted by molar-refractivity contribution is -0.132. The molecule has 1 aliphatic heterocycles. The summed E-state index contributed by atoms with van der Waals surface area (Å²) in [4.78, 5) is 29.2. The number of hydrogen-bond acceptors (Lipinski definition) is 5. The lowest BCUT2D eigenvalue weighted by Crippen LogP contribution is -2.57. The van der Waals surface area contributed by atoms with Crippen LogP contribution in [0.25, 0.3) is 10.9 Å².